The molecule has 0 unspecified atom stereocenters. The van der Waals surface area contributed by atoms with E-state index in [4.69, 9.17) is 0 Å². The molecule has 0 aromatic carbocycles. The minimum Gasteiger partial charge on any atom is -0.205 e. The van der Waals surface area contributed by atoms with Crippen LogP contribution in [-0.4, -0.2) is 0 Å². The fourth-order valence-corrected chi connectivity index (χ4v) is 4.25. The molecule has 2 aromatic rings. The molecule has 2 nitrogen and oxygen atoms in total. The molecule has 0 atom stereocenters. The summed E-state index contributed by atoms with van der Waals surface area (Å²) in [5.74, 6) is 0. The molecule has 2 heteroatoms. The Bertz CT molecular complexity index is 601. The van der Waals surface area contributed by atoms with Crippen molar-refractivity contribution in [1.82, 2.24) is 0 Å². The van der Waals surface area contributed by atoms with Crippen LogP contribution in [0.3, 0.4) is 0 Å². The lowest BCUT2D eigenvalue weighted by Gasteiger charge is -2.03. The van der Waals surface area contributed by atoms with Gasteiger partial charge >= 0.3 is 0 Å². The summed E-state index contributed by atoms with van der Waals surface area (Å²) < 4.78 is 4.70. The zero-order valence-corrected chi connectivity index (χ0v) is 20.5. The molecule has 0 aliphatic heterocycles. The lowest BCUT2D eigenvalue weighted by Crippen LogP contribution is -2.32. The fourth-order valence-electron chi connectivity index (χ4n) is 4.25. The van der Waals surface area contributed by atoms with E-state index in [0.717, 1.165) is 13.1 Å². The molecule has 2 aromatic heterocycles. The first-order chi connectivity index (χ1) is 15.3. The molecule has 0 N–H and O–H groups in total. The van der Waals surface area contributed by atoms with Gasteiger partial charge in [0.05, 0.1) is 0 Å². The van der Waals surface area contributed by atoms with E-state index in [9.17, 15) is 0 Å². The van der Waals surface area contributed by atoms with Gasteiger partial charge in [-0.1, -0.05) is 65.2 Å². The van der Waals surface area contributed by atoms with Crippen LogP contribution in [-0.2, 0) is 25.9 Å². The fraction of sp³-hybridized carbons (Fsp3) is 0.655. The maximum absolute atomic E-state index is 2.35. The van der Waals surface area contributed by atoms with Gasteiger partial charge < -0.3 is 0 Å². The van der Waals surface area contributed by atoms with E-state index >= 15 is 0 Å². The van der Waals surface area contributed by atoms with Gasteiger partial charge in [-0.2, -0.15) is 0 Å². The third-order valence-electron chi connectivity index (χ3n) is 6.39. The minimum atomic E-state index is 1.16. The molecular weight excluding hydrogens is 376 g/mol. The van der Waals surface area contributed by atoms with E-state index < -0.39 is 0 Å². The highest BCUT2D eigenvalue weighted by molar-refractivity contribution is 5.10. The van der Waals surface area contributed by atoms with E-state index in [1.807, 2.05) is 0 Å². The number of pyridine rings is 2. The molecule has 0 bridgehead atoms. The lowest BCUT2D eigenvalue weighted by atomic mass is 10.1. The van der Waals surface area contributed by atoms with Crippen molar-refractivity contribution in [3.8, 4) is 0 Å². The molecular formula is C29H48N2+2. The number of aryl methyl sites for hydroxylation is 4. The van der Waals surface area contributed by atoms with Crippen LogP contribution >= 0.6 is 0 Å². The maximum atomic E-state index is 2.35. The first-order valence-electron chi connectivity index (χ1n) is 13.3. The van der Waals surface area contributed by atoms with Crippen molar-refractivity contribution in [1.29, 1.82) is 0 Å². The van der Waals surface area contributed by atoms with Crippen molar-refractivity contribution >= 4 is 0 Å². The van der Waals surface area contributed by atoms with Crippen LogP contribution in [0.1, 0.15) is 108 Å². The largest absolute Gasteiger partial charge is 0.205 e. The molecule has 0 fully saturated rings. The zero-order valence-electron chi connectivity index (χ0n) is 20.5. The summed E-state index contributed by atoms with van der Waals surface area (Å²) in [6, 6.07) is 9.26. The van der Waals surface area contributed by atoms with Crippen molar-refractivity contribution < 1.29 is 9.13 Å². The number of aromatic nitrogens is 2. The van der Waals surface area contributed by atoms with Crippen molar-refractivity contribution in [3.63, 3.8) is 0 Å². The third-order valence-corrected chi connectivity index (χ3v) is 6.39. The average molecular weight is 425 g/mol. The summed E-state index contributed by atoms with van der Waals surface area (Å²) in [5, 5.41) is 0. The topological polar surface area (TPSA) is 7.76 Å². The first kappa shape index (κ1) is 25.6. The predicted molar refractivity (Wildman–Crippen MR) is 132 cm³/mol. The molecule has 31 heavy (non-hydrogen) atoms. The molecule has 0 aliphatic rings. The lowest BCUT2D eigenvalue weighted by molar-refractivity contribution is -0.697. The predicted octanol–water partition coefficient (Wildman–Crippen LogP) is 7.16. The van der Waals surface area contributed by atoms with E-state index in [1.165, 1.54) is 107 Å². The van der Waals surface area contributed by atoms with E-state index in [2.05, 4.69) is 72.0 Å². The summed E-state index contributed by atoms with van der Waals surface area (Å²) in [6.45, 7) is 6.89. The molecule has 172 valence electrons. The Morgan fingerprint density at radius 3 is 1.19 bits per heavy atom. The van der Waals surface area contributed by atoms with Crippen molar-refractivity contribution in [2.75, 3.05) is 0 Å². The molecule has 0 saturated heterocycles. The molecule has 0 radical (unpaired) electrons. The van der Waals surface area contributed by atoms with Crippen LogP contribution in [0.15, 0.2) is 49.1 Å². The van der Waals surface area contributed by atoms with Gasteiger partial charge in [0.15, 0.2) is 24.8 Å². The van der Waals surface area contributed by atoms with Crippen LogP contribution in [0.25, 0.3) is 0 Å². The highest BCUT2D eigenvalue weighted by Gasteiger charge is 2.04. The minimum absolute atomic E-state index is 1.16. The van der Waals surface area contributed by atoms with Gasteiger partial charge in [-0.25, -0.2) is 9.13 Å². The number of unbranched alkanes of at least 4 members (excludes halogenated alkanes) is 10. The second kappa shape index (κ2) is 16.9. The van der Waals surface area contributed by atoms with Gasteiger partial charge in [-0.15, -0.1) is 0 Å². The van der Waals surface area contributed by atoms with Gasteiger partial charge in [-0.05, 0) is 43.2 Å². The monoisotopic (exact) mass is 424 g/mol. The molecule has 0 aliphatic carbocycles. The summed E-state index contributed by atoms with van der Waals surface area (Å²) >= 11 is 0. The maximum Gasteiger partial charge on any atom is 0.169 e. The van der Waals surface area contributed by atoms with Crippen LogP contribution in [0, 0.1) is 0 Å². The van der Waals surface area contributed by atoms with Gasteiger partial charge in [0, 0.05) is 37.1 Å². The van der Waals surface area contributed by atoms with Gasteiger partial charge in [-0.3, -0.25) is 0 Å². The van der Waals surface area contributed by atoms with Crippen molar-refractivity contribution in [2.45, 2.75) is 123 Å². The van der Waals surface area contributed by atoms with Crippen molar-refractivity contribution in [2.24, 2.45) is 0 Å². The Hall–Kier alpha value is -1.70. The normalized spacial score (nSPS) is 11.2. The molecule has 0 amide bonds. The third kappa shape index (κ3) is 12.1. The second-order valence-corrected chi connectivity index (χ2v) is 9.28. The first-order valence-corrected chi connectivity index (χ1v) is 13.3. The van der Waals surface area contributed by atoms with E-state index in [0.29, 0.717) is 0 Å². The standard InChI is InChI=1S/C29H48N2/c1-3-5-7-9-11-13-22-30-24-18-28(19-25-30)16-15-17-29-20-26-31(27-21-29)23-14-12-10-8-6-4-2/h18-21,24-27H,3-17,22-23H2,1-2H3/q+2. The number of hydrogen-bond acceptors (Lipinski definition) is 0. The Kier molecular flexibility index (Phi) is 14.0. The zero-order chi connectivity index (χ0) is 22.0. The molecule has 2 rings (SSSR count). The number of rotatable bonds is 18. The number of hydrogen-bond donors (Lipinski definition) is 0. The molecule has 0 saturated carbocycles. The van der Waals surface area contributed by atoms with Gasteiger partial charge in [0.1, 0.15) is 13.1 Å². The van der Waals surface area contributed by atoms with Gasteiger partial charge in [0.25, 0.3) is 0 Å². The average Bonchev–Trinajstić information content (AvgIpc) is 2.80. The SMILES string of the molecule is CCCCCCCC[n+]1ccc(CCCc2cc[n+](CCCCCCCC)cc2)cc1. The van der Waals surface area contributed by atoms with Crippen LogP contribution in [0.2, 0.25) is 0 Å². The Labute approximate surface area is 192 Å². The Morgan fingerprint density at radius 2 is 0.806 bits per heavy atom. The van der Waals surface area contributed by atoms with E-state index in [1.54, 1.807) is 0 Å². The quantitative estimate of drug-likeness (QED) is 0.177. The van der Waals surface area contributed by atoms with Crippen LogP contribution in [0.4, 0.5) is 0 Å². The molecule has 0 spiro atoms. The highest BCUT2D eigenvalue weighted by atomic mass is 14.9. The number of nitrogens with zero attached hydrogens (tertiary/aromatic N) is 2. The summed E-state index contributed by atoms with van der Waals surface area (Å²) in [5.41, 5.74) is 2.93. The van der Waals surface area contributed by atoms with Crippen molar-refractivity contribution in [3.05, 3.63) is 60.2 Å². The molecule has 2 heterocycles. The van der Waals surface area contributed by atoms with E-state index in [-0.39, 0.29) is 0 Å². The smallest absolute Gasteiger partial charge is 0.169 e. The summed E-state index contributed by atoms with van der Waals surface area (Å²) in [7, 11) is 0. The Balaban J connectivity index is 1.57. The van der Waals surface area contributed by atoms with Crippen LogP contribution in [0.5, 0.6) is 0 Å². The van der Waals surface area contributed by atoms with Crippen LogP contribution < -0.4 is 9.13 Å². The van der Waals surface area contributed by atoms with Gasteiger partial charge in [0.2, 0.25) is 0 Å². The summed E-state index contributed by atoms with van der Waals surface area (Å²) in [6.07, 6.45) is 29.0. The summed E-state index contributed by atoms with van der Waals surface area (Å²) in [4.78, 5) is 0. The highest BCUT2D eigenvalue weighted by Crippen LogP contribution is 2.08. The Morgan fingerprint density at radius 1 is 0.452 bits per heavy atom. The second-order valence-electron chi connectivity index (χ2n) is 9.28.